The van der Waals surface area contributed by atoms with Gasteiger partial charge < -0.3 is 5.32 Å². The Hall–Kier alpha value is -0.940. The molecule has 2 rings (SSSR count). The molecule has 0 radical (unpaired) electrons. The molecule has 0 bridgehead atoms. The lowest BCUT2D eigenvalue weighted by Gasteiger charge is -2.36. The number of hydrogen-bond acceptors (Lipinski definition) is 4. The summed E-state index contributed by atoms with van der Waals surface area (Å²) < 4.78 is 0. The molecular weight excluding hydrogens is 190 g/mol. The number of hydrogen-bond donors (Lipinski definition) is 1. The van der Waals surface area contributed by atoms with Gasteiger partial charge in [-0.2, -0.15) is 15.0 Å². The summed E-state index contributed by atoms with van der Waals surface area (Å²) in [5, 5.41) is 11.9. The first-order valence-corrected chi connectivity index (χ1v) is 5.48. The van der Waals surface area contributed by atoms with Crippen molar-refractivity contribution in [3.8, 4) is 0 Å². The summed E-state index contributed by atoms with van der Waals surface area (Å²) in [6, 6.07) is 1.14. The summed E-state index contributed by atoms with van der Waals surface area (Å²) in [5.41, 5.74) is 1.05. The number of aromatic nitrogens is 3. The van der Waals surface area contributed by atoms with Gasteiger partial charge in [-0.05, 0) is 13.8 Å². The highest BCUT2D eigenvalue weighted by molar-refractivity contribution is 4.93. The Morgan fingerprint density at radius 3 is 3.00 bits per heavy atom. The number of piperazine rings is 1. The Morgan fingerprint density at radius 1 is 1.53 bits per heavy atom. The first kappa shape index (κ1) is 10.6. The molecule has 1 saturated heterocycles. The molecule has 15 heavy (non-hydrogen) atoms. The van der Waals surface area contributed by atoms with Crippen LogP contribution in [-0.4, -0.2) is 45.1 Å². The summed E-state index contributed by atoms with van der Waals surface area (Å²) in [6.07, 6.45) is 1.85. The number of nitrogens with zero attached hydrogens (tertiary/aromatic N) is 4. The largest absolute Gasteiger partial charge is 0.311 e. The Morgan fingerprint density at radius 2 is 2.33 bits per heavy atom. The molecule has 0 spiro atoms. The number of rotatable bonds is 2. The molecule has 84 valence electrons. The fourth-order valence-electron chi connectivity index (χ4n) is 1.99. The second-order valence-electron chi connectivity index (χ2n) is 4.41. The van der Waals surface area contributed by atoms with Gasteiger partial charge in [0.15, 0.2) is 0 Å². The van der Waals surface area contributed by atoms with E-state index in [-0.39, 0.29) is 0 Å². The highest BCUT2D eigenvalue weighted by Gasteiger charge is 2.22. The van der Waals surface area contributed by atoms with Crippen molar-refractivity contribution in [2.24, 2.45) is 7.05 Å². The minimum Gasteiger partial charge on any atom is -0.311 e. The van der Waals surface area contributed by atoms with Crippen LogP contribution in [0.4, 0.5) is 0 Å². The van der Waals surface area contributed by atoms with Crippen LogP contribution in [0.15, 0.2) is 6.20 Å². The molecule has 5 nitrogen and oxygen atoms in total. The molecule has 0 saturated carbocycles. The second-order valence-corrected chi connectivity index (χ2v) is 4.41. The van der Waals surface area contributed by atoms with Gasteiger partial charge in [0.25, 0.3) is 0 Å². The summed E-state index contributed by atoms with van der Waals surface area (Å²) in [4.78, 5) is 4.07. The third-order valence-corrected chi connectivity index (χ3v) is 2.91. The lowest BCUT2D eigenvalue weighted by atomic mass is 10.1. The van der Waals surface area contributed by atoms with Crippen molar-refractivity contribution in [3.05, 3.63) is 11.9 Å². The van der Waals surface area contributed by atoms with Crippen LogP contribution in [0.2, 0.25) is 0 Å². The maximum absolute atomic E-state index is 4.31. The van der Waals surface area contributed by atoms with E-state index < -0.39 is 0 Å². The summed E-state index contributed by atoms with van der Waals surface area (Å²) in [7, 11) is 1.85. The smallest absolute Gasteiger partial charge is 0.0967 e. The molecule has 1 N–H and O–H groups in total. The summed E-state index contributed by atoms with van der Waals surface area (Å²) in [5.74, 6) is 0. The quantitative estimate of drug-likeness (QED) is 0.744. The maximum Gasteiger partial charge on any atom is 0.0967 e. The molecule has 1 aromatic heterocycles. The van der Waals surface area contributed by atoms with Gasteiger partial charge in [0.1, 0.15) is 0 Å². The fourth-order valence-corrected chi connectivity index (χ4v) is 1.99. The molecular formula is C10H19N5. The Kier molecular flexibility index (Phi) is 3.02. The van der Waals surface area contributed by atoms with Crippen LogP contribution in [0, 0.1) is 0 Å². The third-order valence-electron chi connectivity index (χ3n) is 2.91. The van der Waals surface area contributed by atoms with Crippen LogP contribution in [0.1, 0.15) is 19.5 Å². The lowest BCUT2D eigenvalue weighted by Crippen LogP contribution is -2.53. The van der Waals surface area contributed by atoms with E-state index in [9.17, 15) is 0 Å². The van der Waals surface area contributed by atoms with Gasteiger partial charge in [0.05, 0.1) is 11.9 Å². The van der Waals surface area contributed by atoms with E-state index in [2.05, 4.69) is 34.3 Å². The van der Waals surface area contributed by atoms with E-state index in [1.54, 1.807) is 4.80 Å². The molecule has 2 atom stereocenters. The van der Waals surface area contributed by atoms with Crippen LogP contribution >= 0.6 is 0 Å². The molecule has 5 heteroatoms. The molecule has 1 aromatic rings. The van der Waals surface area contributed by atoms with Crippen LogP contribution in [0.3, 0.4) is 0 Å². The monoisotopic (exact) mass is 209 g/mol. The fraction of sp³-hybridized carbons (Fsp3) is 0.800. The second kappa shape index (κ2) is 4.28. The first-order valence-electron chi connectivity index (χ1n) is 5.48. The van der Waals surface area contributed by atoms with E-state index >= 15 is 0 Å². The molecule has 1 fully saturated rings. The van der Waals surface area contributed by atoms with Gasteiger partial charge in [-0.1, -0.05) is 0 Å². The Balaban J connectivity index is 1.98. The van der Waals surface area contributed by atoms with E-state index in [1.807, 2.05) is 13.2 Å². The predicted octanol–water partition coefficient (Wildman–Crippen LogP) is -0.00270. The summed E-state index contributed by atoms with van der Waals surface area (Å²) >= 11 is 0. The van der Waals surface area contributed by atoms with Crippen molar-refractivity contribution in [1.29, 1.82) is 0 Å². The molecule has 1 aliphatic rings. The van der Waals surface area contributed by atoms with E-state index in [0.717, 1.165) is 25.3 Å². The van der Waals surface area contributed by atoms with E-state index in [1.165, 1.54) is 0 Å². The van der Waals surface area contributed by atoms with Crippen molar-refractivity contribution in [2.45, 2.75) is 32.5 Å². The molecule has 0 aliphatic carbocycles. The molecule has 2 heterocycles. The SMILES string of the molecule is CC1CN(Cc2cnn(C)n2)C(C)CN1. The van der Waals surface area contributed by atoms with Crippen LogP contribution < -0.4 is 5.32 Å². The van der Waals surface area contributed by atoms with Crippen LogP contribution in [0.5, 0.6) is 0 Å². The first-order chi connectivity index (χ1) is 7.15. The zero-order valence-electron chi connectivity index (χ0n) is 9.64. The minimum absolute atomic E-state index is 0.567. The molecule has 0 amide bonds. The van der Waals surface area contributed by atoms with Gasteiger partial charge in [-0.3, -0.25) is 4.90 Å². The van der Waals surface area contributed by atoms with Crippen LogP contribution in [0.25, 0.3) is 0 Å². The zero-order valence-corrected chi connectivity index (χ0v) is 9.64. The normalized spacial score (nSPS) is 28.2. The van der Waals surface area contributed by atoms with Crippen LogP contribution in [-0.2, 0) is 13.6 Å². The molecule has 2 unspecified atom stereocenters. The van der Waals surface area contributed by atoms with Gasteiger partial charge in [0, 0.05) is 38.8 Å². The summed E-state index contributed by atoms with van der Waals surface area (Å²) in [6.45, 7) is 7.50. The Labute approximate surface area is 90.5 Å². The zero-order chi connectivity index (χ0) is 10.8. The van der Waals surface area contributed by atoms with Crippen molar-refractivity contribution >= 4 is 0 Å². The standard InChI is InChI=1S/C10H19N5/c1-8-6-15(9(2)4-11-8)7-10-5-12-14(3)13-10/h5,8-9,11H,4,6-7H2,1-3H3. The van der Waals surface area contributed by atoms with Crippen molar-refractivity contribution in [2.75, 3.05) is 13.1 Å². The minimum atomic E-state index is 0.567. The van der Waals surface area contributed by atoms with Gasteiger partial charge in [-0.25, -0.2) is 0 Å². The lowest BCUT2D eigenvalue weighted by molar-refractivity contribution is 0.137. The highest BCUT2D eigenvalue weighted by Crippen LogP contribution is 2.10. The number of nitrogens with one attached hydrogen (secondary N) is 1. The number of aryl methyl sites for hydroxylation is 1. The maximum atomic E-state index is 4.31. The topological polar surface area (TPSA) is 46.0 Å². The predicted molar refractivity (Wildman–Crippen MR) is 58.3 cm³/mol. The highest BCUT2D eigenvalue weighted by atomic mass is 15.5. The van der Waals surface area contributed by atoms with E-state index in [4.69, 9.17) is 0 Å². The van der Waals surface area contributed by atoms with Gasteiger partial charge in [-0.15, -0.1) is 0 Å². The van der Waals surface area contributed by atoms with E-state index in [0.29, 0.717) is 12.1 Å². The van der Waals surface area contributed by atoms with Crippen molar-refractivity contribution < 1.29 is 0 Å². The average molecular weight is 209 g/mol. The van der Waals surface area contributed by atoms with Gasteiger partial charge in [0.2, 0.25) is 0 Å². The third kappa shape index (κ3) is 2.54. The average Bonchev–Trinajstić information content (AvgIpc) is 2.58. The van der Waals surface area contributed by atoms with Gasteiger partial charge >= 0.3 is 0 Å². The molecule has 1 aliphatic heterocycles. The van der Waals surface area contributed by atoms with Crippen molar-refractivity contribution in [3.63, 3.8) is 0 Å². The van der Waals surface area contributed by atoms with Crippen molar-refractivity contribution in [1.82, 2.24) is 25.2 Å². The Bertz CT molecular complexity index is 321. The molecule has 0 aromatic carbocycles.